The Kier molecular flexibility index (Phi) is 5.88. The number of sulfonamides is 1. The smallest absolute Gasteiger partial charge is 0.313 e. The molecule has 0 saturated carbocycles. The fourth-order valence-electron chi connectivity index (χ4n) is 2.87. The summed E-state index contributed by atoms with van der Waals surface area (Å²) in [7, 11) is -3.60. The van der Waals surface area contributed by atoms with Crippen molar-refractivity contribution in [1.82, 2.24) is 9.62 Å². The number of hydrogen-bond donors (Lipinski definition) is 2. The van der Waals surface area contributed by atoms with E-state index in [4.69, 9.17) is 0 Å². The second-order valence-electron chi connectivity index (χ2n) is 6.01. The van der Waals surface area contributed by atoms with E-state index < -0.39 is 33.7 Å². The van der Waals surface area contributed by atoms with Crippen LogP contribution in [0.3, 0.4) is 0 Å². The van der Waals surface area contributed by atoms with Crippen molar-refractivity contribution in [3.8, 4) is 0 Å². The van der Waals surface area contributed by atoms with Crippen molar-refractivity contribution in [1.29, 1.82) is 0 Å². The lowest BCUT2D eigenvalue weighted by atomic mass is 10.2. The standard InChI is InChI=1S/C17H18FN3O4S2/c18-12-5-7-13(8-6-12)20-17(23)16(22)19-11-14-3-1-9-21(14)27(24,25)15-4-2-10-26-15/h2,4-8,10,14H,1,3,9,11H2,(H,19,22)(H,20,23)/t14-/m1/s1. The first-order valence-corrected chi connectivity index (χ1v) is 10.6. The lowest BCUT2D eigenvalue weighted by molar-refractivity contribution is -0.136. The number of nitrogens with one attached hydrogen (secondary N) is 2. The van der Waals surface area contributed by atoms with E-state index in [1.807, 2.05) is 0 Å². The fraction of sp³-hybridized carbons (Fsp3) is 0.294. The van der Waals surface area contributed by atoms with Crippen LogP contribution in [0.15, 0.2) is 46.0 Å². The molecule has 7 nitrogen and oxygen atoms in total. The van der Waals surface area contributed by atoms with Gasteiger partial charge in [-0.05, 0) is 48.6 Å². The van der Waals surface area contributed by atoms with Crippen LogP contribution in [-0.2, 0) is 19.6 Å². The van der Waals surface area contributed by atoms with Crippen molar-refractivity contribution in [3.63, 3.8) is 0 Å². The van der Waals surface area contributed by atoms with Crippen molar-refractivity contribution in [2.24, 2.45) is 0 Å². The molecule has 2 amide bonds. The Labute approximate surface area is 160 Å². The van der Waals surface area contributed by atoms with Crippen LogP contribution in [0, 0.1) is 5.82 Å². The van der Waals surface area contributed by atoms with Gasteiger partial charge < -0.3 is 10.6 Å². The topological polar surface area (TPSA) is 95.6 Å². The van der Waals surface area contributed by atoms with Crippen LogP contribution >= 0.6 is 11.3 Å². The SMILES string of the molecule is O=C(NC[C@H]1CCCN1S(=O)(=O)c1cccs1)C(=O)Nc1ccc(F)cc1. The highest BCUT2D eigenvalue weighted by Gasteiger charge is 2.36. The van der Waals surface area contributed by atoms with Crippen LogP contribution in [0.1, 0.15) is 12.8 Å². The molecule has 1 aromatic carbocycles. The minimum Gasteiger partial charge on any atom is -0.346 e. The maximum Gasteiger partial charge on any atom is 0.313 e. The number of nitrogens with zero attached hydrogens (tertiary/aromatic N) is 1. The van der Waals surface area contributed by atoms with Gasteiger partial charge in [-0.15, -0.1) is 11.3 Å². The predicted molar refractivity (Wildman–Crippen MR) is 99.3 cm³/mol. The molecule has 1 fully saturated rings. The molecule has 3 rings (SSSR count). The van der Waals surface area contributed by atoms with Crippen molar-refractivity contribution in [2.45, 2.75) is 23.1 Å². The summed E-state index contributed by atoms with van der Waals surface area (Å²) >= 11 is 1.14. The zero-order valence-electron chi connectivity index (χ0n) is 14.2. The molecular formula is C17H18FN3O4S2. The minimum absolute atomic E-state index is 0.0419. The maximum atomic E-state index is 12.9. The van der Waals surface area contributed by atoms with E-state index in [1.54, 1.807) is 17.5 Å². The lowest BCUT2D eigenvalue weighted by Crippen LogP contribution is -2.45. The quantitative estimate of drug-likeness (QED) is 0.734. The monoisotopic (exact) mass is 411 g/mol. The van der Waals surface area contributed by atoms with Crippen LogP contribution in [0.5, 0.6) is 0 Å². The number of benzene rings is 1. The fourth-order valence-corrected chi connectivity index (χ4v) is 5.68. The molecule has 10 heteroatoms. The summed E-state index contributed by atoms with van der Waals surface area (Å²) in [4.78, 5) is 23.9. The molecule has 27 heavy (non-hydrogen) atoms. The number of rotatable bonds is 5. The van der Waals surface area contributed by atoms with Crippen LogP contribution in [-0.4, -0.2) is 43.7 Å². The molecule has 0 spiro atoms. The minimum atomic E-state index is -3.60. The predicted octanol–water partition coefficient (Wildman–Crippen LogP) is 1.80. The van der Waals surface area contributed by atoms with Gasteiger partial charge in [0.25, 0.3) is 10.0 Å². The second-order valence-corrected chi connectivity index (χ2v) is 9.08. The van der Waals surface area contributed by atoms with Crippen molar-refractivity contribution >= 4 is 38.9 Å². The van der Waals surface area contributed by atoms with Gasteiger partial charge in [-0.3, -0.25) is 9.59 Å². The summed E-state index contributed by atoms with van der Waals surface area (Å²) in [5, 5.41) is 6.53. The van der Waals surface area contributed by atoms with Gasteiger partial charge in [-0.1, -0.05) is 6.07 Å². The van der Waals surface area contributed by atoms with Gasteiger partial charge in [-0.2, -0.15) is 4.31 Å². The van der Waals surface area contributed by atoms with Gasteiger partial charge in [0.15, 0.2) is 0 Å². The summed E-state index contributed by atoms with van der Waals surface area (Å²) in [5.74, 6) is -2.22. The molecule has 2 heterocycles. The van der Waals surface area contributed by atoms with Crippen LogP contribution in [0.2, 0.25) is 0 Å². The van der Waals surface area contributed by atoms with Gasteiger partial charge in [0, 0.05) is 24.8 Å². The largest absolute Gasteiger partial charge is 0.346 e. The Morgan fingerprint density at radius 3 is 2.59 bits per heavy atom. The first kappa shape index (κ1) is 19.5. The molecule has 1 aliphatic rings. The van der Waals surface area contributed by atoms with Crippen LogP contribution < -0.4 is 10.6 Å². The van der Waals surface area contributed by atoms with E-state index >= 15 is 0 Å². The first-order valence-electron chi connectivity index (χ1n) is 8.28. The third-order valence-electron chi connectivity index (χ3n) is 4.19. The zero-order chi connectivity index (χ0) is 19.4. The van der Waals surface area contributed by atoms with Gasteiger partial charge in [0.1, 0.15) is 10.0 Å². The highest BCUT2D eigenvalue weighted by atomic mass is 32.2. The van der Waals surface area contributed by atoms with E-state index in [-0.39, 0.29) is 10.8 Å². The van der Waals surface area contributed by atoms with Gasteiger partial charge in [0.05, 0.1) is 0 Å². The molecule has 1 aliphatic heterocycles. The molecule has 144 valence electrons. The van der Waals surface area contributed by atoms with Gasteiger partial charge in [-0.25, -0.2) is 12.8 Å². The highest BCUT2D eigenvalue weighted by Crippen LogP contribution is 2.28. The number of carbonyl (C=O) groups is 2. The third kappa shape index (κ3) is 4.52. The third-order valence-corrected chi connectivity index (χ3v) is 7.51. The number of anilines is 1. The lowest BCUT2D eigenvalue weighted by Gasteiger charge is -2.23. The average Bonchev–Trinajstić information content (AvgIpc) is 3.33. The zero-order valence-corrected chi connectivity index (χ0v) is 15.9. The second kappa shape index (κ2) is 8.15. The molecule has 0 radical (unpaired) electrons. The van der Waals surface area contributed by atoms with E-state index in [0.29, 0.717) is 25.1 Å². The van der Waals surface area contributed by atoms with Crippen molar-refractivity contribution in [3.05, 3.63) is 47.6 Å². The molecule has 0 bridgehead atoms. The molecular weight excluding hydrogens is 393 g/mol. The van der Waals surface area contributed by atoms with Crippen molar-refractivity contribution in [2.75, 3.05) is 18.4 Å². The number of carbonyl (C=O) groups excluding carboxylic acids is 2. The van der Waals surface area contributed by atoms with E-state index in [1.165, 1.54) is 28.6 Å². The molecule has 1 atom stereocenters. The van der Waals surface area contributed by atoms with Crippen LogP contribution in [0.4, 0.5) is 10.1 Å². The normalized spacial score (nSPS) is 17.6. The van der Waals surface area contributed by atoms with E-state index in [9.17, 15) is 22.4 Å². The Balaban J connectivity index is 1.57. The molecule has 0 aliphatic carbocycles. The molecule has 1 aromatic heterocycles. The Bertz CT molecular complexity index is 914. The molecule has 2 aromatic rings. The highest BCUT2D eigenvalue weighted by molar-refractivity contribution is 7.91. The summed E-state index contributed by atoms with van der Waals surface area (Å²) in [6, 6.07) is 7.83. The molecule has 2 N–H and O–H groups in total. The average molecular weight is 411 g/mol. The van der Waals surface area contributed by atoms with E-state index in [2.05, 4.69) is 10.6 Å². The Morgan fingerprint density at radius 2 is 1.93 bits per heavy atom. The van der Waals surface area contributed by atoms with E-state index in [0.717, 1.165) is 11.3 Å². The molecule has 1 saturated heterocycles. The Morgan fingerprint density at radius 1 is 1.19 bits per heavy atom. The number of hydrogen-bond acceptors (Lipinski definition) is 5. The maximum absolute atomic E-state index is 12.9. The Hall–Kier alpha value is -2.30. The summed E-state index contributed by atoms with van der Waals surface area (Å²) in [6.07, 6.45) is 1.29. The van der Waals surface area contributed by atoms with Gasteiger partial charge >= 0.3 is 11.8 Å². The van der Waals surface area contributed by atoms with Crippen LogP contribution in [0.25, 0.3) is 0 Å². The van der Waals surface area contributed by atoms with Gasteiger partial charge in [0.2, 0.25) is 0 Å². The first-order chi connectivity index (χ1) is 12.9. The van der Waals surface area contributed by atoms with Crippen molar-refractivity contribution < 1.29 is 22.4 Å². The number of amides is 2. The summed E-state index contributed by atoms with van der Waals surface area (Å²) < 4.78 is 39.8. The number of halogens is 1. The molecule has 0 unspecified atom stereocenters. The summed E-state index contributed by atoms with van der Waals surface area (Å²) in [6.45, 7) is 0.419. The number of thiophene rings is 1. The summed E-state index contributed by atoms with van der Waals surface area (Å²) in [5.41, 5.74) is 0.291.